The molecule has 1 saturated carbocycles. The van der Waals surface area contributed by atoms with Crippen molar-refractivity contribution in [3.05, 3.63) is 30.1 Å². The van der Waals surface area contributed by atoms with Gasteiger partial charge < -0.3 is 0 Å². The zero-order valence-electron chi connectivity index (χ0n) is 11.5. The van der Waals surface area contributed by atoms with Gasteiger partial charge in [-0.1, -0.05) is 32.8 Å². The van der Waals surface area contributed by atoms with Crippen molar-refractivity contribution in [2.45, 2.75) is 52.0 Å². The first-order chi connectivity index (χ1) is 8.63. The van der Waals surface area contributed by atoms with Crippen LogP contribution in [0.2, 0.25) is 0 Å². The molecule has 3 N–H and O–H groups in total. The molecule has 3 heteroatoms. The Hall–Kier alpha value is -0.930. The molecule has 2 atom stereocenters. The van der Waals surface area contributed by atoms with Crippen LogP contribution < -0.4 is 11.3 Å². The van der Waals surface area contributed by atoms with Crippen LogP contribution in [0.15, 0.2) is 24.5 Å². The lowest BCUT2D eigenvalue weighted by molar-refractivity contribution is 0.0981. The minimum atomic E-state index is 0.351. The molecular formula is C15H25N3. The van der Waals surface area contributed by atoms with Crippen LogP contribution in [0.4, 0.5) is 0 Å². The van der Waals surface area contributed by atoms with Crippen molar-refractivity contribution in [1.29, 1.82) is 0 Å². The van der Waals surface area contributed by atoms with Crippen molar-refractivity contribution < 1.29 is 0 Å². The van der Waals surface area contributed by atoms with E-state index in [4.69, 9.17) is 5.84 Å². The van der Waals surface area contributed by atoms with Gasteiger partial charge in [-0.05, 0) is 42.2 Å². The van der Waals surface area contributed by atoms with Crippen molar-refractivity contribution in [1.82, 2.24) is 10.4 Å². The molecule has 0 radical (unpaired) electrons. The highest BCUT2D eigenvalue weighted by Gasteiger charge is 2.37. The third-order valence-corrected chi connectivity index (χ3v) is 4.47. The molecule has 0 aliphatic heterocycles. The van der Waals surface area contributed by atoms with E-state index in [0.717, 1.165) is 6.42 Å². The number of hydrogen-bond acceptors (Lipinski definition) is 3. The van der Waals surface area contributed by atoms with Gasteiger partial charge in [-0.3, -0.25) is 16.3 Å². The molecule has 0 bridgehead atoms. The maximum absolute atomic E-state index is 5.80. The molecule has 18 heavy (non-hydrogen) atoms. The van der Waals surface area contributed by atoms with Crippen molar-refractivity contribution in [3.8, 4) is 0 Å². The first-order valence-electron chi connectivity index (χ1n) is 6.98. The van der Waals surface area contributed by atoms with Gasteiger partial charge in [0, 0.05) is 18.4 Å². The van der Waals surface area contributed by atoms with E-state index >= 15 is 0 Å². The molecular weight excluding hydrogens is 222 g/mol. The van der Waals surface area contributed by atoms with Gasteiger partial charge in [0.15, 0.2) is 0 Å². The van der Waals surface area contributed by atoms with Gasteiger partial charge in [-0.25, -0.2) is 0 Å². The van der Waals surface area contributed by atoms with E-state index in [1.807, 2.05) is 18.5 Å². The summed E-state index contributed by atoms with van der Waals surface area (Å²) in [6.45, 7) is 4.76. The van der Waals surface area contributed by atoms with Crippen LogP contribution in [0.1, 0.15) is 45.1 Å². The van der Waals surface area contributed by atoms with E-state index in [1.165, 1.54) is 31.2 Å². The lowest BCUT2D eigenvalue weighted by Gasteiger charge is -2.43. The minimum Gasteiger partial charge on any atom is -0.271 e. The van der Waals surface area contributed by atoms with Crippen molar-refractivity contribution in [2.24, 2.45) is 17.2 Å². The van der Waals surface area contributed by atoms with Crippen LogP contribution in [0.3, 0.4) is 0 Å². The fourth-order valence-corrected chi connectivity index (χ4v) is 3.36. The Labute approximate surface area is 110 Å². The smallest absolute Gasteiger partial charge is 0.0300 e. The summed E-state index contributed by atoms with van der Waals surface area (Å²) >= 11 is 0. The molecule has 3 nitrogen and oxygen atoms in total. The fraction of sp³-hybridized carbons (Fsp3) is 0.667. The number of hydrogen-bond donors (Lipinski definition) is 2. The number of aromatic nitrogens is 1. The molecule has 2 rings (SSSR count). The summed E-state index contributed by atoms with van der Waals surface area (Å²) in [7, 11) is 0. The lowest BCUT2D eigenvalue weighted by Crippen LogP contribution is -2.48. The summed E-state index contributed by atoms with van der Waals surface area (Å²) in [6, 6.07) is 4.48. The monoisotopic (exact) mass is 247 g/mol. The van der Waals surface area contributed by atoms with Crippen LogP contribution >= 0.6 is 0 Å². The number of hydrazine groups is 1. The van der Waals surface area contributed by atoms with E-state index in [-0.39, 0.29) is 0 Å². The van der Waals surface area contributed by atoms with E-state index in [9.17, 15) is 0 Å². The van der Waals surface area contributed by atoms with Crippen LogP contribution in [-0.2, 0) is 6.42 Å². The third kappa shape index (κ3) is 3.09. The molecule has 1 aliphatic carbocycles. The first-order valence-corrected chi connectivity index (χ1v) is 6.98. The third-order valence-electron chi connectivity index (χ3n) is 4.47. The predicted octanol–water partition coefficient (Wildman–Crippen LogP) is 2.67. The maximum atomic E-state index is 5.80. The Morgan fingerprint density at radius 1 is 1.50 bits per heavy atom. The highest BCUT2D eigenvalue weighted by molar-refractivity contribution is 5.11. The van der Waals surface area contributed by atoms with Gasteiger partial charge in [0.25, 0.3) is 0 Å². The molecule has 1 aromatic heterocycles. The van der Waals surface area contributed by atoms with Gasteiger partial charge in [0.05, 0.1) is 0 Å². The summed E-state index contributed by atoms with van der Waals surface area (Å²) < 4.78 is 0. The second-order valence-electron chi connectivity index (χ2n) is 6.18. The van der Waals surface area contributed by atoms with Crippen molar-refractivity contribution >= 4 is 0 Å². The Kier molecular flexibility index (Phi) is 4.36. The van der Waals surface area contributed by atoms with Crippen LogP contribution in [0, 0.1) is 11.3 Å². The molecule has 1 aliphatic rings. The molecule has 1 heterocycles. The lowest BCUT2D eigenvalue weighted by atomic mass is 9.65. The fourth-order valence-electron chi connectivity index (χ4n) is 3.36. The number of nitrogens with zero attached hydrogens (tertiary/aromatic N) is 1. The Morgan fingerprint density at radius 2 is 2.33 bits per heavy atom. The van der Waals surface area contributed by atoms with Crippen LogP contribution in [0.25, 0.3) is 0 Å². The number of nitrogens with one attached hydrogen (secondary N) is 1. The Morgan fingerprint density at radius 3 is 2.94 bits per heavy atom. The topological polar surface area (TPSA) is 50.9 Å². The standard InChI is InChI=1S/C15H25N3/c1-15(2)8-4-3-7-13(15)14(18-16)10-12-6-5-9-17-11-12/h5-6,9,11,13-14,18H,3-4,7-8,10,16H2,1-2H3. The van der Waals surface area contributed by atoms with Gasteiger partial charge in [-0.15, -0.1) is 0 Å². The zero-order valence-corrected chi connectivity index (χ0v) is 11.5. The van der Waals surface area contributed by atoms with Crippen molar-refractivity contribution in [2.75, 3.05) is 0 Å². The van der Waals surface area contributed by atoms with Crippen molar-refractivity contribution in [3.63, 3.8) is 0 Å². The molecule has 0 saturated heterocycles. The largest absolute Gasteiger partial charge is 0.271 e. The minimum absolute atomic E-state index is 0.351. The molecule has 1 fully saturated rings. The summed E-state index contributed by atoms with van der Waals surface area (Å²) in [5, 5.41) is 0. The molecule has 0 amide bonds. The summed E-state index contributed by atoms with van der Waals surface area (Å²) in [5.74, 6) is 6.45. The second-order valence-corrected chi connectivity index (χ2v) is 6.18. The van der Waals surface area contributed by atoms with E-state index in [1.54, 1.807) is 0 Å². The number of nitrogens with two attached hydrogens (primary N) is 1. The highest BCUT2D eigenvalue weighted by Crippen LogP contribution is 2.42. The highest BCUT2D eigenvalue weighted by atomic mass is 15.2. The average molecular weight is 247 g/mol. The van der Waals surface area contributed by atoms with E-state index in [0.29, 0.717) is 17.4 Å². The summed E-state index contributed by atoms with van der Waals surface area (Å²) in [4.78, 5) is 4.18. The average Bonchev–Trinajstić information content (AvgIpc) is 2.37. The second kappa shape index (κ2) is 5.81. The molecule has 0 aromatic carbocycles. The first kappa shape index (κ1) is 13.5. The van der Waals surface area contributed by atoms with E-state index in [2.05, 4.69) is 30.3 Å². The quantitative estimate of drug-likeness (QED) is 0.635. The van der Waals surface area contributed by atoms with Crippen LogP contribution in [-0.4, -0.2) is 11.0 Å². The van der Waals surface area contributed by atoms with Gasteiger partial charge >= 0.3 is 0 Å². The number of rotatable bonds is 4. The van der Waals surface area contributed by atoms with E-state index < -0.39 is 0 Å². The Balaban J connectivity index is 2.08. The summed E-state index contributed by atoms with van der Waals surface area (Å²) in [6.07, 6.45) is 10.0. The zero-order chi connectivity index (χ0) is 13.0. The SMILES string of the molecule is CC1(C)CCCCC1C(Cc1cccnc1)NN. The normalized spacial score (nSPS) is 24.7. The summed E-state index contributed by atoms with van der Waals surface area (Å²) in [5.41, 5.74) is 4.70. The molecule has 1 aromatic rings. The predicted molar refractivity (Wildman–Crippen MR) is 74.8 cm³/mol. The van der Waals surface area contributed by atoms with Gasteiger partial charge in [0.2, 0.25) is 0 Å². The van der Waals surface area contributed by atoms with Crippen LogP contribution in [0.5, 0.6) is 0 Å². The number of pyridine rings is 1. The molecule has 2 unspecified atom stereocenters. The molecule has 100 valence electrons. The maximum Gasteiger partial charge on any atom is 0.0300 e. The Bertz CT molecular complexity index is 361. The van der Waals surface area contributed by atoms with Gasteiger partial charge in [0.1, 0.15) is 0 Å². The van der Waals surface area contributed by atoms with Gasteiger partial charge in [-0.2, -0.15) is 0 Å². The molecule has 0 spiro atoms.